The van der Waals surface area contributed by atoms with E-state index in [-0.39, 0.29) is 33.8 Å². The third-order valence-electron chi connectivity index (χ3n) is 6.82. The van der Waals surface area contributed by atoms with Gasteiger partial charge in [-0.05, 0) is 83.0 Å². The second-order valence-electron chi connectivity index (χ2n) is 11.5. The molecule has 2 aromatic carbocycles. The fraction of sp³-hybridized carbons (Fsp3) is 0.310. The fourth-order valence-electron chi connectivity index (χ4n) is 4.87. The van der Waals surface area contributed by atoms with Gasteiger partial charge in [0.05, 0.1) is 16.7 Å². The van der Waals surface area contributed by atoms with E-state index in [4.69, 9.17) is 0 Å². The maximum absolute atomic E-state index is 15.3. The van der Waals surface area contributed by atoms with Crippen LogP contribution < -0.4 is 15.0 Å². The van der Waals surface area contributed by atoms with Crippen LogP contribution in [0.5, 0.6) is 0 Å². The number of aryl methyl sites for hydroxylation is 1. The van der Waals surface area contributed by atoms with E-state index in [1.54, 1.807) is 45.0 Å². The molecule has 1 aliphatic rings. The summed E-state index contributed by atoms with van der Waals surface area (Å²) in [5.74, 6) is -1.71. The molecule has 13 heteroatoms. The van der Waals surface area contributed by atoms with Crippen molar-refractivity contribution in [3.05, 3.63) is 87.7 Å². The summed E-state index contributed by atoms with van der Waals surface area (Å²) in [6, 6.07) is 11.7. The number of sulfonamides is 2. The molecule has 42 heavy (non-hydrogen) atoms. The number of carbonyl (C=O) groups is 1. The summed E-state index contributed by atoms with van der Waals surface area (Å²) >= 11 is 0. The Bertz CT molecular complexity index is 2000. The predicted octanol–water partition coefficient (Wildman–Crippen LogP) is 3.79. The summed E-state index contributed by atoms with van der Waals surface area (Å²) < 4.78 is 73.1. The van der Waals surface area contributed by atoms with Crippen LogP contribution in [0.4, 0.5) is 4.39 Å². The highest BCUT2D eigenvalue weighted by Gasteiger charge is 2.38. The summed E-state index contributed by atoms with van der Waals surface area (Å²) in [7, 11) is -8.01. The van der Waals surface area contributed by atoms with Crippen molar-refractivity contribution >= 4 is 36.9 Å². The molecule has 0 bridgehead atoms. The van der Waals surface area contributed by atoms with Gasteiger partial charge in [0.1, 0.15) is 11.5 Å². The van der Waals surface area contributed by atoms with Crippen molar-refractivity contribution in [1.29, 1.82) is 0 Å². The monoisotopic (exact) mass is 614 g/mol. The molecule has 5 rings (SSSR count). The number of rotatable bonds is 8. The molecular weight excluding hydrogens is 583 g/mol. The van der Waals surface area contributed by atoms with Crippen LogP contribution in [-0.2, 0) is 26.6 Å². The number of aromatic amines is 1. The van der Waals surface area contributed by atoms with Crippen LogP contribution in [0.2, 0.25) is 0 Å². The molecule has 0 saturated heterocycles. The molecule has 4 aromatic rings. The molecule has 0 atom stereocenters. The van der Waals surface area contributed by atoms with Gasteiger partial charge in [0.2, 0.25) is 20.0 Å². The number of H-pyrrole nitrogens is 1. The molecule has 0 radical (unpaired) electrons. The van der Waals surface area contributed by atoms with Crippen LogP contribution in [0.15, 0.2) is 64.4 Å². The van der Waals surface area contributed by atoms with Gasteiger partial charge in [0.25, 0.3) is 11.5 Å². The lowest BCUT2D eigenvalue weighted by atomic mass is 10.0. The van der Waals surface area contributed by atoms with Crippen LogP contribution in [0.25, 0.3) is 22.0 Å². The fourth-order valence-corrected chi connectivity index (χ4v) is 7.62. The highest BCUT2D eigenvalue weighted by atomic mass is 32.2. The number of benzene rings is 2. The second kappa shape index (κ2) is 10.5. The standard InChI is InChI=1S/C29H31FN4O6S2/c1-17-7-12-24-22(14-17)25(21-6-5-13-31-27(21)35)26(28(36)32-41(37,38)19-8-9-19)34(24)16-18-15-20(10-11-23(18)30)42(39,40)33-29(2,3)4/h5-7,10-15,19,33H,8-9,16H2,1-4H3,(H,31,35)(H,32,36). The minimum absolute atomic E-state index is 0.0584. The number of aromatic nitrogens is 2. The molecular formula is C29H31FN4O6S2. The van der Waals surface area contributed by atoms with Crippen molar-refractivity contribution in [3.8, 4) is 11.1 Å². The van der Waals surface area contributed by atoms with E-state index in [9.17, 15) is 26.4 Å². The Balaban J connectivity index is 1.75. The molecule has 1 amide bonds. The van der Waals surface area contributed by atoms with Gasteiger partial charge in [-0.1, -0.05) is 11.6 Å². The molecule has 3 N–H and O–H groups in total. The third kappa shape index (κ3) is 5.90. The summed E-state index contributed by atoms with van der Waals surface area (Å²) in [4.78, 5) is 29.2. The quantitative estimate of drug-likeness (QED) is 0.275. The first-order valence-corrected chi connectivity index (χ1v) is 16.3. The molecule has 222 valence electrons. The van der Waals surface area contributed by atoms with Gasteiger partial charge in [-0.3, -0.25) is 9.59 Å². The minimum Gasteiger partial charge on any atom is -0.331 e. The van der Waals surface area contributed by atoms with Gasteiger partial charge in [-0.25, -0.2) is 30.7 Å². The molecule has 1 aliphatic carbocycles. The number of halogens is 1. The van der Waals surface area contributed by atoms with E-state index >= 15 is 4.39 Å². The van der Waals surface area contributed by atoms with E-state index in [1.807, 2.05) is 6.92 Å². The average molecular weight is 615 g/mol. The summed E-state index contributed by atoms with van der Waals surface area (Å²) in [5, 5.41) is -0.223. The average Bonchev–Trinajstić information content (AvgIpc) is 3.69. The largest absolute Gasteiger partial charge is 0.331 e. The Morgan fingerprint density at radius 2 is 1.79 bits per heavy atom. The van der Waals surface area contributed by atoms with Crippen molar-refractivity contribution < 1.29 is 26.0 Å². The SMILES string of the molecule is Cc1ccc2c(c1)c(-c1ccc[nH]c1=O)c(C(=O)NS(=O)(=O)C1CC1)n2Cc1cc(S(=O)(=O)NC(C)(C)C)ccc1F. The van der Waals surface area contributed by atoms with Crippen LogP contribution in [0, 0.1) is 12.7 Å². The van der Waals surface area contributed by atoms with E-state index < -0.39 is 48.1 Å². The van der Waals surface area contributed by atoms with Crippen LogP contribution >= 0.6 is 0 Å². The van der Waals surface area contributed by atoms with Gasteiger partial charge in [0, 0.05) is 39.3 Å². The van der Waals surface area contributed by atoms with Gasteiger partial charge < -0.3 is 9.55 Å². The Labute approximate surface area is 243 Å². The predicted molar refractivity (Wildman–Crippen MR) is 158 cm³/mol. The van der Waals surface area contributed by atoms with Crippen molar-refractivity contribution in [3.63, 3.8) is 0 Å². The van der Waals surface area contributed by atoms with E-state index in [0.29, 0.717) is 23.7 Å². The molecule has 2 aromatic heterocycles. The minimum atomic E-state index is -4.02. The lowest BCUT2D eigenvalue weighted by Gasteiger charge is -2.21. The molecule has 10 nitrogen and oxygen atoms in total. The Morgan fingerprint density at radius 1 is 1.07 bits per heavy atom. The summed E-state index contributed by atoms with van der Waals surface area (Å²) in [5.41, 5.74) is -0.00694. The van der Waals surface area contributed by atoms with Crippen LogP contribution in [-0.4, -0.2) is 43.1 Å². The van der Waals surface area contributed by atoms with E-state index in [0.717, 1.165) is 17.7 Å². The van der Waals surface area contributed by atoms with Crippen LogP contribution in [0.3, 0.4) is 0 Å². The number of hydrogen-bond donors (Lipinski definition) is 3. The molecule has 0 aliphatic heterocycles. The smallest absolute Gasteiger partial charge is 0.282 e. The van der Waals surface area contributed by atoms with Gasteiger partial charge in [-0.2, -0.15) is 0 Å². The number of fused-ring (bicyclic) bond motifs is 1. The molecule has 0 spiro atoms. The number of hydrogen-bond acceptors (Lipinski definition) is 6. The number of amides is 1. The van der Waals surface area contributed by atoms with Gasteiger partial charge >= 0.3 is 0 Å². The summed E-state index contributed by atoms with van der Waals surface area (Å²) in [6.45, 7) is 6.52. The Hall–Kier alpha value is -3.81. The molecule has 1 saturated carbocycles. The zero-order chi connectivity index (χ0) is 30.6. The normalized spacial score (nSPS) is 14.3. The number of carbonyl (C=O) groups excluding carboxylic acids is 1. The van der Waals surface area contributed by atoms with Crippen molar-refractivity contribution in [2.45, 2.75) is 62.8 Å². The first kappa shape index (κ1) is 29.7. The number of pyridine rings is 1. The lowest BCUT2D eigenvalue weighted by molar-refractivity contribution is 0.0973. The third-order valence-corrected chi connectivity index (χ3v) is 10.4. The van der Waals surface area contributed by atoms with Crippen molar-refractivity contribution in [2.24, 2.45) is 0 Å². The van der Waals surface area contributed by atoms with E-state index in [1.165, 1.54) is 22.9 Å². The maximum atomic E-state index is 15.3. The van der Waals surface area contributed by atoms with Gasteiger partial charge in [-0.15, -0.1) is 0 Å². The van der Waals surface area contributed by atoms with E-state index in [2.05, 4.69) is 14.4 Å². The maximum Gasteiger partial charge on any atom is 0.282 e. The first-order chi connectivity index (χ1) is 19.6. The Morgan fingerprint density at radius 3 is 2.43 bits per heavy atom. The molecule has 0 unspecified atom stereocenters. The zero-order valence-corrected chi connectivity index (χ0v) is 25.1. The van der Waals surface area contributed by atoms with Crippen molar-refractivity contribution in [2.75, 3.05) is 0 Å². The zero-order valence-electron chi connectivity index (χ0n) is 23.5. The Kier molecular flexibility index (Phi) is 7.40. The number of nitrogens with one attached hydrogen (secondary N) is 3. The second-order valence-corrected chi connectivity index (χ2v) is 15.2. The summed E-state index contributed by atoms with van der Waals surface area (Å²) in [6.07, 6.45) is 2.27. The highest BCUT2D eigenvalue weighted by Crippen LogP contribution is 2.36. The molecule has 1 fully saturated rings. The number of nitrogens with zero attached hydrogens (tertiary/aromatic N) is 1. The molecule has 2 heterocycles. The van der Waals surface area contributed by atoms with Gasteiger partial charge in [0.15, 0.2) is 0 Å². The van der Waals surface area contributed by atoms with Crippen LogP contribution in [0.1, 0.15) is 55.2 Å². The van der Waals surface area contributed by atoms with Crippen molar-refractivity contribution in [1.82, 2.24) is 19.0 Å². The first-order valence-electron chi connectivity index (χ1n) is 13.3. The topological polar surface area (TPSA) is 147 Å². The lowest BCUT2D eigenvalue weighted by Crippen LogP contribution is -2.40. The highest BCUT2D eigenvalue weighted by molar-refractivity contribution is 7.91.